The van der Waals surface area contributed by atoms with Crippen molar-refractivity contribution in [1.29, 1.82) is 0 Å². The second-order valence-electron chi connectivity index (χ2n) is 3.53. The summed E-state index contributed by atoms with van der Waals surface area (Å²) < 4.78 is 14.1. The highest BCUT2D eigenvalue weighted by Gasteiger charge is 2.23. The summed E-state index contributed by atoms with van der Waals surface area (Å²) in [6.07, 6.45) is 0.426. The van der Waals surface area contributed by atoms with Crippen LogP contribution in [-0.2, 0) is 5.60 Å². The fraction of sp³-hybridized carbons (Fsp3) is 0.300. The molecule has 0 heterocycles. The highest BCUT2D eigenvalue weighted by molar-refractivity contribution is 9.10. The van der Waals surface area contributed by atoms with Crippen molar-refractivity contribution in [2.24, 2.45) is 0 Å². The van der Waals surface area contributed by atoms with Crippen LogP contribution in [0.15, 0.2) is 16.6 Å². The van der Waals surface area contributed by atoms with Gasteiger partial charge in [-0.25, -0.2) is 4.39 Å². The van der Waals surface area contributed by atoms with Crippen molar-refractivity contribution in [2.75, 3.05) is 0 Å². The first-order valence-corrected chi connectivity index (χ1v) is 4.82. The summed E-state index contributed by atoms with van der Waals surface area (Å²) in [6, 6.07) is 2.83. The summed E-state index contributed by atoms with van der Waals surface area (Å²) in [5.41, 5.74) is -1.25. The lowest BCUT2D eigenvalue weighted by Gasteiger charge is -2.19. The van der Waals surface area contributed by atoms with E-state index in [1.54, 1.807) is 0 Å². The number of benzene rings is 1. The molecule has 0 aliphatic carbocycles. The van der Waals surface area contributed by atoms with Gasteiger partial charge in [0, 0.05) is 10.0 Å². The summed E-state index contributed by atoms with van der Waals surface area (Å²) in [6.45, 7) is 2.93. The van der Waals surface area contributed by atoms with Crippen molar-refractivity contribution in [3.8, 4) is 0 Å². The second-order valence-corrected chi connectivity index (χ2v) is 4.45. The van der Waals surface area contributed by atoms with Crippen molar-refractivity contribution in [1.82, 2.24) is 0 Å². The fourth-order valence-corrected chi connectivity index (χ4v) is 1.62. The largest absolute Gasteiger partial charge is 0.386 e. The standard InChI is InChI=1S/C10H10BrFO2/c1-10(2,14)8-4-7(11)3-6(5-13)9(8)12/h3-5,14H,1-2H3. The molecule has 0 saturated carbocycles. The zero-order chi connectivity index (χ0) is 10.9. The number of aliphatic hydroxyl groups is 1. The minimum absolute atomic E-state index is 0.0588. The number of carbonyl (C=O) groups excluding carboxylic acids is 1. The molecule has 1 aromatic carbocycles. The smallest absolute Gasteiger partial charge is 0.153 e. The first kappa shape index (κ1) is 11.3. The Balaban J connectivity index is 3.44. The minimum atomic E-state index is -1.30. The fourth-order valence-electron chi connectivity index (χ4n) is 1.14. The molecule has 0 aliphatic heterocycles. The number of hydrogen-bond donors (Lipinski definition) is 1. The number of hydrogen-bond acceptors (Lipinski definition) is 2. The van der Waals surface area contributed by atoms with Gasteiger partial charge in [0.05, 0.1) is 11.2 Å². The van der Waals surface area contributed by atoms with Crippen molar-refractivity contribution in [2.45, 2.75) is 19.4 Å². The van der Waals surface area contributed by atoms with Crippen molar-refractivity contribution in [3.63, 3.8) is 0 Å². The number of aldehydes is 1. The highest BCUT2D eigenvalue weighted by Crippen LogP contribution is 2.27. The molecule has 0 saturated heterocycles. The lowest BCUT2D eigenvalue weighted by Crippen LogP contribution is -2.18. The van der Waals surface area contributed by atoms with E-state index >= 15 is 0 Å². The third kappa shape index (κ3) is 2.19. The third-order valence-corrected chi connectivity index (χ3v) is 2.31. The Bertz CT molecular complexity index is 369. The molecule has 76 valence electrons. The molecule has 0 radical (unpaired) electrons. The maximum atomic E-state index is 13.5. The summed E-state index contributed by atoms with van der Waals surface area (Å²) in [5, 5.41) is 9.64. The molecule has 0 unspecified atom stereocenters. The Hall–Kier alpha value is -0.740. The summed E-state index contributed by atoms with van der Waals surface area (Å²) >= 11 is 3.14. The van der Waals surface area contributed by atoms with E-state index in [-0.39, 0.29) is 11.1 Å². The molecule has 0 atom stereocenters. The third-order valence-electron chi connectivity index (χ3n) is 1.85. The Morgan fingerprint density at radius 1 is 1.50 bits per heavy atom. The van der Waals surface area contributed by atoms with E-state index in [0.717, 1.165) is 0 Å². The topological polar surface area (TPSA) is 37.3 Å². The Morgan fingerprint density at radius 2 is 2.07 bits per heavy atom. The van der Waals surface area contributed by atoms with Crippen LogP contribution in [-0.4, -0.2) is 11.4 Å². The minimum Gasteiger partial charge on any atom is -0.386 e. The van der Waals surface area contributed by atoms with Crippen LogP contribution in [0.25, 0.3) is 0 Å². The van der Waals surface area contributed by atoms with E-state index < -0.39 is 11.4 Å². The van der Waals surface area contributed by atoms with E-state index in [4.69, 9.17) is 0 Å². The highest BCUT2D eigenvalue weighted by atomic mass is 79.9. The quantitative estimate of drug-likeness (QED) is 0.831. The van der Waals surface area contributed by atoms with Gasteiger partial charge in [-0.3, -0.25) is 4.79 Å². The van der Waals surface area contributed by atoms with E-state index in [1.165, 1.54) is 26.0 Å². The molecule has 2 nitrogen and oxygen atoms in total. The molecule has 0 spiro atoms. The first-order valence-electron chi connectivity index (χ1n) is 4.03. The maximum Gasteiger partial charge on any atom is 0.153 e. The molecular weight excluding hydrogens is 251 g/mol. The van der Waals surface area contributed by atoms with Gasteiger partial charge in [0.2, 0.25) is 0 Å². The van der Waals surface area contributed by atoms with Crippen LogP contribution in [0.2, 0.25) is 0 Å². The Labute approximate surface area is 89.9 Å². The molecule has 0 bridgehead atoms. The zero-order valence-electron chi connectivity index (χ0n) is 7.84. The number of rotatable bonds is 2. The molecular formula is C10H10BrFO2. The van der Waals surface area contributed by atoms with Crippen LogP contribution >= 0.6 is 15.9 Å². The van der Waals surface area contributed by atoms with Gasteiger partial charge in [-0.05, 0) is 26.0 Å². The molecule has 1 aromatic rings. The van der Waals surface area contributed by atoms with E-state index in [9.17, 15) is 14.3 Å². The van der Waals surface area contributed by atoms with Crippen LogP contribution in [0.5, 0.6) is 0 Å². The van der Waals surface area contributed by atoms with Gasteiger partial charge in [-0.1, -0.05) is 15.9 Å². The summed E-state index contributed by atoms with van der Waals surface area (Å²) in [5.74, 6) is -0.671. The summed E-state index contributed by atoms with van der Waals surface area (Å²) in [4.78, 5) is 10.5. The first-order chi connectivity index (χ1) is 6.36. The lowest BCUT2D eigenvalue weighted by molar-refractivity contribution is 0.0743. The average molecular weight is 261 g/mol. The van der Waals surface area contributed by atoms with Crippen LogP contribution in [0.4, 0.5) is 4.39 Å². The molecule has 1 rings (SSSR count). The van der Waals surface area contributed by atoms with Crippen LogP contribution in [0.3, 0.4) is 0 Å². The van der Waals surface area contributed by atoms with Crippen LogP contribution in [0.1, 0.15) is 29.8 Å². The Morgan fingerprint density at radius 3 is 2.50 bits per heavy atom. The van der Waals surface area contributed by atoms with Gasteiger partial charge in [0.15, 0.2) is 6.29 Å². The lowest BCUT2D eigenvalue weighted by atomic mass is 9.96. The van der Waals surface area contributed by atoms with E-state index in [2.05, 4.69) is 15.9 Å². The van der Waals surface area contributed by atoms with Gasteiger partial charge in [0.25, 0.3) is 0 Å². The normalized spacial score (nSPS) is 11.5. The molecule has 0 aliphatic rings. The molecule has 1 N–H and O–H groups in total. The van der Waals surface area contributed by atoms with Gasteiger partial charge in [-0.2, -0.15) is 0 Å². The van der Waals surface area contributed by atoms with E-state index in [0.29, 0.717) is 10.8 Å². The molecule has 14 heavy (non-hydrogen) atoms. The van der Waals surface area contributed by atoms with Crippen molar-refractivity contribution < 1.29 is 14.3 Å². The van der Waals surface area contributed by atoms with Crippen molar-refractivity contribution in [3.05, 3.63) is 33.5 Å². The molecule has 0 fully saturated rings. The molecule has 0 amide bonds. The average Bonchev–Trinajstić information content (AvgIpc) is 2.06. The predicted octanol–water partition coefficient (Wildman–Crippen LogP) is 2.63. The van der Waals surface area contributed by atoms with Gasteiger partial charge in [0.1, 0.15) is 5.82 Å². The number of halogens is 2. The monoisotopic (exact) mass is 260 g/mol. The van der Waals surface area contributed by atoms with Gasteiger partial charge >= 0.3 is 0 Å². The van der Waals surface area contributed by atoms with Gasteiger partial charge in [-0.15, -0.1) is 0 Å². The second kappa shape index (κ2) is 3.79. The van der Waals surface area contributed by atoms with Gasteiger partial charge < -0.3 is 5.11 Å². The summed E-state index contributed by atoms with van der Waals surface area (Å²) in [7, 11) is 0. The molecule has 0 aromatic heterocycles. The Kier molecular flexibility index (Phi) is 3.07. The predicted molar refractivity (Wildman–Crippen MR) is 54.7 cm³/mol. The zero-order valence-corrected chi connectivity index (χ0v) is 9.43. The van der Waals surface area contributed by atoms with Crippen LogP contribution in [0, 0.1) is 5.82 Å². The van der Waals surface area contributed by atoms with Crippen molar-refractivity contribution >= 4 is 22.2 Å². The SMILES string of the molecule is CC(C)(O)c1cc(Br)cc(C=O)c1F. The van der Waals surface area contributed by atoms with E-state index in [1.807, 2.05) is 0 Å². The maximum absolute atomic E-state index is 13.5. The van der Waals surface area contributed by atoms with Crippen LogP contribution < -0.4 is 0 Å². The number of carbonyl (C=O) groups is 1. The molecule has 4 heteroatoms.